The number of anilines is 1. The number of carbonyl (C=O) groups is 3. The first-order chi connectivity index (χ1) is 13.5. The highest BCUT2D eigenvalue weighted by Crippen LogP contribution is 2.48. The van der Waals surface area contributed by atoms with Gasteiger partial charge in [-0.2, -0.15) is 0 Å². The summed E-state index contributed by atoms with van der Waals surface area (Å²) in [5.41, 5.74) is 0.897. The van der Waals surface area contributed by atoms with Crippen LogP contribution < -0.4 is 5.32 Å². The molecule has 0 aromatic heterocycles. The SMILES string of the molecule is O=C(O)[C@@H]1[C@H](C(=O)Nc2ccc(C(=O)N3CCCCC3)c(Cl)c2)[C@@H]2C=C[C@H]1C2. The number of nitrogens with zero attached hydrogens (tertiary/aromatic N) is 1. The highest BCUT2D eigenvalue weighted by molar-refractivity contribution is 6.34. The van der Waals surface area contributed by atoms with Crippen LogP contribution in [0, 0.1) is 23.7 Å². The van der Waals surface area contributed by atoms with E-state index in [0.717, 1.165) is 32.4 Å². The maximum Gasteiger partial charge on any atom is 0.307 e. The van der Waals surface area contributed by atoms with E-state index < -0.39 is 17.8 Å². The van der Waals surface area contributed by atoms with Gasteiger partial charge in [0.15, 0.2) is 0 Å². The molecule has 2 aliphatic carbocycles. The molecule has 148 valence electrons. The number of hydrogen-bond acceptors (Lipinski definition) is 3. The molecule has 1 aromatic carbocycles. The molecule has 0 spiro atoms. The highest BCUT2D eigenvalue weighted by atomic mass is 35.5. The lowest BCUT2D eigenvalue weighted by Gasteiger charge is -2.27. The summed E-state index contributed by atoms with van der Waals surface area (Å²) in [4.78, 5) is 38.8. The Bertz CT molecular complexity index is 847. The molecule has 4 atom stereocenters. The zero-order chi connectivity index (χ0) is 19.8. The van der Waals surface area contributed by atoms with Crippen molar-refractivity contribution < 1.29 is 19.5 Å². The molecule has 2 amide bonds. The van der Waals surface area contributed by atoms with Crippen molar-refractivity contribution in [3.8, 4) is 0 Å². The van der Waals surface area contributed by atoms with Crippen molar-refractivity contribution in [1.29, 1.82) is 0 Å². The minimum Gasteiger partial charge on any atom is -0.481 e. The van der Waals surface area contributed by atoms with E-state index >= 15 is 0 Å². The second kappa shape index (κ2) is 7.59. The zero-order valence-corrected chi connectivity index (χ0v) is 16.2. The first-order valence-corrected chi connectivity index (χ1v) is 10.1. The summed E-state index contributed by atoms with van der Waals surface area (Å²) in [7, 11) is 0. The standard InChI is InChI=1S/C21H23ClN2O4/c22-16-11-14(6-7-15(16)20(26)24-8-2-1-3-9-24)23-19(25)17-12-4-5-13(10-12)18(17)21(27)28/h4-7,11-13,17-18H,1-3,8-10H2,(H,23,25)(H,27,28)/t12-,13+,17-,18+/m1/s1. The van der Waals surface area contributed by atoms with Gasteiger partial charge in [-0.1, -0.05) is 23.8 Å². The second-order valence-corrected chi connectivity index (χ2v) is 8.28. The van der Waals surface area contributed by atoms with Crippen molar-refractivity contribution in [3.63, 3.8) is 0 Å². The van der Waals surface area contributed by atoms with Crippen molar-refractivity contribution in [2.75, 3.05) is 18.4 Å². The van der Waals surface area contributed by atoms with Gasteiger partial charge in [-0.05, 0) is 55.7 Å². The van der Waals surface area contributed by atoms with E-state index in [1.807, 2.05) is 17.1 Å². The fourth-order valence-corrected chi connectivity index (χ4v) is 5.04. The van der Waals surface area contributed by atoms with Gasteiger partial charge in [-0.15, -0.1) is 0 Å². The van der Waals surface area contributed by atoms with E-state index in [-0.39, 0.29) is 28.7 Å². The number of carboxylic acid groups (broad SMARTS) is 1. The van der Waals surface area contributed by atoms with Gasteiger partial charge in [-0.25, -0.2) is 0 Å². The molecule has 0 unspecified atom stereocenters. The molecule has 1 heterocycles. The third kappa shape index (κ3) is 3.41. The summed E-state index contributed by atoms with van der Waals surface area (Å²) in [6.07, 6.45) is 7.70. The van der Waals surface area contributed by atoms with Crippen LogP contribution in [0.1, 0.15) is 36.0 Å². The molecule has 1 saturated heterocycles. The fourth-order valence-electron chi connectivity index (χ4n) is 4.78. The van der Waals surface area contributed by atoms with E-state index in [2.05, 4.69) is 5.32 Å². The molecule has 3 aliphatic rings. The zero-order valence-electron chi connectivity index (χ0n) is 15.4. The molecule has 6 nitrogen and oxygen atoms in total. The molecule has 1 aromatic rings. The smallest absolute Gasteiger partial charge is 0.307 e. The van der Waals surface area contributed by atoms with Crippen molar-refractivity contribution in [2.24, 2.45) is 23.7 Å². The lowest BCUT2D eigenvalue weighted by Crippen LogP contribution is -2.36. The third-order valence-electron chi connectivity index (χ3n) is 6.16. The molecule has 1 saturated carbocycles. The third-order valence-corrected chi connectivity index (χ3v) is 6.47. The molecule has 28 heavy (non-hydrogen) atoms. The molecular weight excluding hydrogens is 380 g/mol. The summed E-state index contributed by atoms with van der Waals surface area (Å²) in [6, 6.07) is 4.85. The molecule has 1 aliphatic heterocycles. The normalized spacial score (nSPS) is 28.4. The Kier molecular flexibility index (Phi) is 5.15. The number of likely N-dealkylation sites (tertiary alicyclic amines) is 1. The van der Waals surface area contributed by atoms with Crippen LogP contribution in [-0.2, 0) is 9.59 Å². The number of hydrogen-bond donors (Lipinski definition) is 2. The number of piperidine rings is 1. The molecule has 4 rings (SSSR count). The molecule has 2 fully saturated rings. The van der Waals surface area contributed by atoms with Gasteiger partial charge in [-0.3, -0.25) is 14.4 Å². The van der Waals surface area contributed by atoms with Crippen molar-refractivity contribution in [1.82, 2.24) is 4.90 Å². The van der Waals surface area contributed by atoms with Crippen LogP contribution in [0.15, 0.2) is 30.4 Å². The Morgan fingerprint density at radius 3 is 2.36 bits per heavy atom. The first-order valence-electron chi connectivity index (χ1n) is 9.76. The van der Waals surface area contributed by atoms with Crippen LogP contribution in [-0.4, -0.2) is 40.9 Å². The Morgan fingerprint density at radius 2 is 1.71 bits per heavy atom. The number of allylic oxidation sites excluding steroid dienone is 2. The number of fused-ring (bicyclic) bond motifs is 2. The lowest BCUT2D eigenvalue weighted by molar-refractivity contribution is -0.146. The maximum atomic E-state index is 12.8. The molecule has 0 radical (unpaired) electrons. The molecule has 7 heteroatoms. The fraction of sp³-hybridized carbons (Fsp3) is 0.476. The Morgan fingerprint density at radius 1 is 1.04 bits per heavy atom. The minimum absolute atomic E-state index is 0.0403. The van der Waals surface area contributed by atoms with Crippen molar-refractivity contribution in [2.45, 2.75) is 25.7 Å². The molecule has 2 bridgehead atoms. The summed E-state index contributed by atoms with van der Waals surface area (Å²) in [5, 5.41) is 12.6. The number of rotatable bonds is 4. The summed E-state index contributed by atoms with van der Waals surface area (Å²) >= 11 is 6.32. The van der Waals surface area contributed by atoms with Crippen LogP contribution in [0.4, 0.5) is 5.69 Å². The van der Waals surface area contributed by atoms with Crippen LogP contribution in [0.5, 0.6) is 0 Å². The van der Waals surface area contributed by atoms with E-state index in [1.54, 1.807) is 18.2 Å². The van der Waals surface area contributed by atoms with Crippen LogP contribution in [0.2, 0.25) is 5.02 Å². The summed E-state index contributed by atoms with van der Waals surface area (Å²) < 4.78 is 0. The number of carboxylic acids is 1. The van der Waals surface area contributed by atoms with Gasteiger partial charge >= 0.3 is 5.97 Å². The van der Waals surface area contributed by atoms with Gasteiger partial charge < -0.3 is 15.3 Å². The van der Waals surface area contributed by atoms with Crippen molar-refractivity contribution in [3.05, 3.63) is 40.9 Å². The first kappa shape index (κ1) is 19.0. The topological polar surface area (TPSA) is 86.7 Å². The predicted octanol–water partition coefficient (Wildman–Crippen LogP) is 3.43. The average Bonchev–Trinajstić information content (AvgIpc) is 3.30. The van der Waals surface area contributed by atoms with Gasteiger partial charge in [0, 0.05) is 18.8 Å². The van der Waals surface area contributed by atoms with E-state index in [4.69, 9.17) is 11.6 Å². The second-order valence-electron chi connectivity index (χ2n) is 7.87. The van der Waals surface area contributed by atoms with Crippen molar-refractivity contribution >= 4 is 35.1 Å². The van der Waals surface area contributed by atoms with Gasteiger partial charge in [0.1, 0.15) is 0 Å². The number of nitrogens with one attached hydrogen (secondary N) is 1. The summed E-state index contributed by atoms with van der Waals surface area (Å²) in [5.74, 6) is -2.72. The summed E-state index contributed by atoms with van der Waals surface area (Å²) in [6.45, 7) is 1.48. The Hall–Kier alpha value is -2.34. The molecular formula is C21H23ClN2O4. The predicted molar refractivity (Wildman–Crippen MR) is 105 cm³/mol. The van der Waals surface area contributed by atoms with Gasteiger partial charge in [0.25, 0.3) is 5.91 Å². The van der Waals surface area contributed by atoms with Crippen LogP contribution in [0.25, 0.3) is 0 Å². The van der Waals surface area contributed by atoms with Crippen LogP contribution >= 0.6 is 11.6 Å². The number of benzene rings is 1. The maximum absolute atomic E-state index is 12.8. The number of amides is 2. The Balaban J connectivity index is 1.47. The van der Waals surface area contributed by atoms with Crippen LogP contribution in [0.3, 0.4) is 0 Å². The highest BCUT2D eigenvalue weighted by Gasteiger charge is 2.51. The number of halogens is 1. The number of carbonyl (C=O) groups excluding carboxylic acids is 2. The van der Waals surface area contributed by atoms with E-state index in [9.17, 15) is 19.5 Å². The van der Waals surface area contributed by atoms with Gasteiger partial charge in [0.2, 0.25) is 5.91 Å². The monoisotopic (exact) mass is 402 g/mol. The van der Waals surface area contributed by atoms with E-state index in [0.29, 0.717) is 17.7 Å². The minimum atomic E-state index is -0.933. The average molecular weight is 403 g/mol. The van der Waals surface area contributed by atoms with Gasteiger partial charge in [0.05, 0.1) is 22.4 Å². The van der Waals surface area contributed by atoms with E-state index in [1.165, 1.54) is 0 Å². The lowest BCUT2D eigenvalue weighted by atomic mass is 9.82. The molecule has 2 N–H and O–H groups in total. The Labute approximate surface area is 168 Å². The largest absolute Gasteiger partial charge is 0.481 e. The number of aliphatic carboxylic acids is 1. The quantitative estimate of drug-likeness (QED) is 0.755.